The molecule has 0 aliphatic rings. The second kappa shape index (κ2) is 9.45. The van der Waals surface area contributed by atoms with E-state index in [9.17, 15) is 9.59 Å². The lowest BCUT2D eigenvalue weighted by Crippen LogP contribution is -2.33. The van der Waals surface area contributed by atoms with Gasteiger partial charge in [0.25, 0.3) is 5.91 Å². The fraction of sp³-hybridized carbons (Fsp3) is 0.227. The summed E-state index contributed by atoms with van der Waals surface area (Å²) in [6.07, 6.45) is 2.08. The number of rotatable bonds is 7. The summed E-state index contributed by atoms with van der Waals surface area (Å²) in [6.45, 7) is 3.67. The molecular formula is C22H23ClN4O3. The predicted molar refractivity (Wildman–Crippen MR) is 117 cm³/mol. The minimum atomic E-state index is -0.369. The lowest BCUT2D eigenvalue weighted by Gasteiger charge is -2.12. The quantitative estimate of drug-likeness (QED) is 0.602. The summed E-state index contributed by atoms with van der Waals surface area (Å²) in [5.41, 5.74) is 3.45. The van der Waals surface area contributed by atoms with E-state index in [0.29, 0.717) is 28.4 Å². The number of anilines is 1. The van der Waals surface area contributed by atoms with Crippen LogP contribution >= 0.6 is 11.6 Å². The van der Waals surface area contributed by atoms with E-state index < -0.39 is 0 Å². The van der Waals surface area contributed by atoms with Crippen LogP contribution in [0, 0.1) is 6.92 Å². The number of aromatic nitrogens is 2. The number of methoxy groups -OCH3 is 1. The minimum Gasteiger partial charge on any atom is -0.495 e. The number of nitrogens with one attached hydrogen (secondary N) is 2. The molecule has 0 saturated heterocycles. The van der Waals surface area contributed by atoms with Crippen molar-refractivity contribution >= 4 is 29.1 Å². The average Bonchev–Trinajstić information content (AvgIpc) is 3.16. The second-order valence-corrected chi connectivity index (χ2v) is 7.12. The van der Waals surface area contributed by atoms with Crippen LogP contribution in [0.1, 0.15) is 28.5 Å². The van der Waals surface area contributed by atoms with Crippen molar-refractivity contribution in [1.29, 1.82) is 0 Å². The van der Waals surface area contributed by atoms with Gasteiger partial charge in [-0.05, 0) is 49.2 Å². The summed E-state index contributed by atoms with van der Waals surface area (Å²) in [6, 6.07) is 12.7. The highest BCUT2D eigenvalue weighted by Crippen LogP contribution is 2.25. The molecule has 0 saturated carbocycles. The Hall–Kier alpha value is -3.32. The van der Waals surface area contributed by atoms with Crippen molar-refractivity contribution < 1.29 is 14.3 Å². The van der Waals surface area contributed by atoms with Crippen molar-refractivity contribution in [2.24, 2.45) is 0 Å². The summed E-state index contributed by atoms with van der Waals surface area (Å²) in [7, 11) is 1.53. The average molecular weight is 427 g/mol. The van der Waals surface area contributed by atoms with E-state index in [0.717, 1.165) is 16.9 Å². The maximum atomic E-state index is 12.7. The van der Waals surface area contributed by atoms with E-state index in [1.54, 1.807) is 22.9 Å². The molecule has 2 amide bonds. The first-order valence-corrected chi connectivity index (χ1v) is 9.86. The maximum Gasteiger partial charge on any atom is 0.255 e. The maximum absolute atomic E-state index is 12.7. The van der Waals surface area contributed by atoms with Crippen molar-refractivity contribution in [2.45, 2.75) is 20.3 Å². The van der Waals surface area contributed by atoms with Crippen molar-refractivity contribution in [3.8, 4) is 11.4 Å². The van der Waals surface area contributed by atoms with Crippen molar-refractivity contribution in [3.05, 3.63) is 70.5 Å². The van der Waals surface area contributed by atoms with Gasteiger partial charge in [-0.3, -0.25) is 9.59 Å². The van der Waals surface area contributed by atoms with E-state index >= 15 is 0 Å². The first-order chi connectivity index (χ1) is 14.4. The molecule has 0 fully saturated rings. The van der Waals surface area contributed by atoms with E-state index in [2.05, 4.69) is 15.7 Å². The van der Waals surface area contributed by atoms with E-state index in [1.165, 1.54) is 13.3 Å². The van der Waals surface area contributed by atoms with Crippen LogP contribution in [0.4, 0.5) is 5.69 Å². The molecule has 0 unspecified atom stereocenters. The Morgan fingerprint density at radius 2 is 2.00 bits per heavy atom. The van der Waals surface area contributed by atoms with Gasteiger partial charge in [0.15, 0.2) is 0 Å². The monoisotopic (exact) mass is 426 g/mol. The lowest BCUT2D eigenvalue weighted by molar-refractivity contribution is -0.115. The summed E-state index contributed by atoms with van der Waals surface area (Å²) >= 11 is 6.07. The Morgan fingerprint density at radius 1 is 1.20 bits per heavy atom. The molecule has 30 heavy (non-hydrogen) atoms. The molecule has 1 heterocycles. The van der Waals surface area contributed by atoms with Gasteiger partial charge < -0.3 is 15.4 Å². The minimum absolute atomic E-state index is 0.179. The highest BCUT2D eigenvalue weighted by Gasteiger charge is 2.18. The third kappa shape index (κ3) is 4.80. The predicted octanol–water partition coefficient (Wildman–Crippen LogP) is 3.77. The summed E-state index contributed by atoms with van der Waals surface area (Å²) in [4.78, 5) is 25.0. The van der Waals surface area contributed by atoms with Crippen LogP contribution in [-0.2, 0) is 11.2 Å². The number of hydrogen-bond acceptors (Lipinski definition) is 4. The molecule has 2 N–H and O–H groups in total. The molecule has 7 nitrogen and oxygen atoms in total. The smallest absolute Gasteiger partial charge is 0.255 e. The first kappa shape index (κ1) is 21.4. The van der Waals surface area contributed by atoms with Crippen molar-refractivity contribution in [1.82, 2.24) is 15.1 Å². The normalized spacial score (nSPS) is 10.5. The van der Waals surface area contributed by atoms with Crippen molar-refractivity contribution in [2.75, 3.05) is 19.0 Å². The van der Waals surface area contributed by atoms with Gasteiger partial charge >= 0.3 is 0 Å². The number of carbonyl (C=O) groups excluding carboxylic acids is 2. The fourth-order valence-electron chi connectivity index (χ4n) is 3.10. The number of carbonyl (C=O) groups is 2. The Kier molecular flexibility index (Phi) is 6.74. The van der Waals surface area contributed by atoms with Crippen LogP contribution in [0.5, 0.6) is 5.75 Å². The van der Waals surface area contributed by atoms with Crippen molar-refractivity contribution in [3.63, 3.8) is 0 Å². The molecule has 0 aliphatic carbocycles. The number of aryl methyl sites for hydroxylation is 1. The summed E-state index contributed by atoms with van der Waals surface area (Å²) in [5, 5.41) is 10.3. The third-order valence-electron chi connectivity index (χ3n) is 4.54. The molecule has 0 bridgehead atoms. The molecule has 0 aliphatic heterocycles. The lowest BCUT2D eigenvalue weighted by atomic mass is 10.2. The van der Waals surface area contributed by atoms with Crippen LogP contribution in [0.15, 0.2) is 48.7 Å². The molecule has 2 aromatic carbocycles. The van der Waals surface area contributed by atoms with E-state index in [4.69, 9.17) is 16.3 Å². The Bertz CT molecular complexity index is 1080. The van der Waals surface area contributed by atoms with Gasteiger partial charge in [-0.1, -0.05) is 30.7 Å². The topological polar surface area (TPSA) is 85.2 Å². The van der Waals surface area contributed by atoms with Crippen LogP contribution < -0.4 is 15.4 Å². The number of ether oxygens (including phenoxy) is 1. The molecule has 156 valence electrons. The molecule has 0 atom stereocenters. The molecule has 8 heteroatoms. The molecule has 0 spiro atoms. The number of benzene rings is 2. The number of halogens is 1. The molecular weight excluding hydrogens is 404 g/mol. The standard InChI is InChI=1S/C22H23ClN4O3/c1-4-19-17(12-25-27(19)16-7-5-6-15(23)11-16)22(29)24-13-21(28)26-18-10-14(2)8-9-20(18)30-3/h5-12H,4,13H2,1-3H3,(H,24,29)(H,26,28). The van der Waals surface area contributed by atoms with Gasteiger partial charge in [-0.2, -0.15) is 5.10 Å². The van der Waals surface area contributed by atoms with E-state index in [1.807, 2.05) is 38.1 Å². The number of amides is 2. The van der Waals surface area contributed by atoms with Gasteiger partial charge in [0.2, 0.25) is 5.91 Å². The highest BCUT2D eigenvalue weighted by atomic mass is 35.5. The Labute approximate surface area is 180 Å². The first-order valence-electron chi connectivity index (χ1n) is 9.48. The van der Waals surface area contributed by atoms with Crippen LogP contribution in [0.2, 0.25) is 5.02 Å². The largest absolute Gasteiger partial charge is 0.495 e. The van der Waals surface area contributed by atoms with Gasteiger partial charge in [-0.25, -0.2) is 4.68 Å². The molecule has 3 aromatic rings. The van der Waals surface area contributed by atoms with Gasteiger partial charge in [-0.15, -0.1) is 0 Å². The fourth-order valence-corrected chi connectivity index (χ4v) is 3.29. The van der Waals surface area contributed by atoms with Crippen LogP contribution in [0.3, 0.4) is 0 Å². The Balaban J connectivity index is 1.69. The molecule has 1 aromatic heterocycles. The van der Waals surface area contributed by atoms with Crippen LogP contribution in [-0.4, -0.2) is 35.2 Å². The molecule has 3 rings (SSSR count). The Morgan fingerprint density at radius 3 is 2.70 bits per heavy atom. The van der Waals surface area contributed by atoms with Gasteiger partial charge in [0, 0.05) is 5.02 Å². The van der Waals surface area contributed by atoms with Gasteiger partial charge in [0.1, 0.15) is 5.75 Å². The third-order valence-corrected chi connectivity index (χ3v) is 4.77. The second-order valence-electron chi connectivity index (χ2n) is 6.68. The summed E-state index contributed by atoms with van der Waals surface area (Å²) in [5.74, 6) is -0.171. The zero-order valence-corrected chi connectivity index (χ0v) is 17.8. The molecule has 0 radical (unpaired) electrons. The zero-order valence-electron chi connectivity index (χ0n) is 17.0. The SMILES string of the molecule is CCc1c(C(=O)NCC(=O)Nc2cc(C)ccc2OC)cnn1-c1cccc(Cl)c1. The summed E-state index contributed by atoms with van der Waals surface area (Å²) < 4.78 is 6.94. The highest BCUT2D eigenvalue weighted by molar-refractivity contribution is 6.30. The van der Waals surface area contributed by atoms with Gasteiger partial charge in [0.05, 0.1) is 42.5 Å². The van der Waals surface area contributed by atoms with Crippen LogP contribution in [0.25, 0.3) is 5.69 Å². The number of nitrogens with zero attached hydrogens (tertiary/aromatic N) is 2. The number of hydrogen-bond donors (Lipinski definition) is 2. The zero-order chi connectivity index (χ0) is 21.7. The van der Waals surface area contributed by atoms with E-state index in [-0.39, 0.29) is 18.4 Å².